The Bertz CT molecular complexity index is 472. The maximum atomic E-state index is 13.4. The third-order valence-electron chi connectivity index (χ3n) is 2.62. The van der Waals surface area contributed by atoms with Crippen LogP contribution >= 0.6 is 0 Å². The van der Waals surface area contributed by atoms with Crippen molar-refractivity contribution in [3.05, 3.63) is 29.6 Å². The Balaban J connectivity index is 2.16. The fourth-order valence-electron chi connectivity index (χ4n) is 1.46. The first kappa shape index (κ1) is 11.5. The Morgan fingerprint density at radius 3 is 2.65 bits per heavy atom. The van der Waals surface area contributed by atoms with Crippen molar-refractivity contribution in [1.82, 2.24) is 5.32 Å². The number of carboxylic acid groups (broad SMARTS) is 1. The first-order chi connectivity index (χ1) is 8.08. The number of nitrogens with one attached hydrogen (secondary N) is 2. The highest BCUT2D eigenvalue weighted by molar-refractivity contribution is 5.95. The van der Waals surface area contributed by atoms with E-state index in [2.05, 4.69) is 10.6 Å². The summed E-state index contributed by atoms with van der Waals surface area (Å²) in [7, 11) is 0. The van der Waals surface area contributed by atoms with E-state index in [4.69, 9.17) is 5.11 Å². The van der Waals surface area contributed by atoms with Crippen LogP contribution in [0.25, 0.3) is 0 Å². The highest BCUT2D eigenvalue weighted by Crippen LogP contribution is 2.18. The average Bonchev–Trinajstić information content (AvgIpc) is 2.18. The molecule has 1 aliphatic heterocycles. The number of hydrogen-bond acceptors (Lipinski definition) is 3. The lowest BCUT2D eigenvalue weighted by Crippen LogP contribution is -2.48. The van der Waals surface area contributed by atoms with Gasteiger partial charge in [0.05, 0.1) is 17.2 Å². The SMILES string of the molecule is O=C(O)c1ccc(F)c(NC(=O)C2CNC2)c1. The lowest BCUT2D eigenvalue weighted by molar-refractivity contribution is -0.121. The summed E-state index contributed by atoms with van der Waals surface area (Å²) in [5, 5.41) is 14.1. The van der Waals surface area contributed by atoms with Crippen LogP contribution in [-0.2, 0) is 4.79 Å². The van der Waals surface area contributed by atoms with Gasteiger partial charge in [-0.3, -0.25) is 4.79 Å². The molecule has 0 radical (unpaired) electrons. The third kappa shape index (κ3) is 2.42. The number of anilines is 1. The smallest absolute Gasteiger partial charge is 0.335 e. The van der Waals surface area contributed by atoms with Crippen LogP contribution in [0, 0.1) is 11.7 Å². The minimum absolute atomic E-state index is 0.0616. The van der Waals surface area contributed by atoms with E-state index in [1.54, 1.807) is 0 Å². The zero-order valence-corrected chi connectivity index (χ0v) is 8.87. The number of amides is 1. The number of carbonyl (C=O) groups excluding carboxylic acids is 1. The van der Waals surface area contributed by atoms with Crippen LogP contribution in [0.5, 0.6) is 0 Å². The zero-order valence-electron chi connectivity index (χ0n) is 8.87. The topological polar surface area (TPSA) is 78.4 Å². The molecule has 6 heteroatoms. The molecule has 0 bridgehead atoms. The molecule has 1 aromatic carbocycles. The molecule has 1 fully saturated rings. The van der Waals surface area contributed by atoms with Crippen LogP contribution in [0.15, 0.2) is 18.2 Å². The first-order valence-electron chi connectivity index (χ1n) is 5.12. The van der Waals surface area contributed by atoms with Gasteiger partial charge in [-0.15, -0.1) is 0 Å². The van der Waals surface area contributed by atoms with E-state index in [0.717, 1.165) is 18.2 Å². The average molecular weight is 238 g/mol. The molecule has 90 valence electrons. The van der Waals surface area contributed by atoms with E-state index >= 15 is 0 Å². The maximum Gasteiger partial charge on any atom is 0.335 e. The number of rotatable bonds is 3. The van der Waals surface area contributed by atoms with Crippen LogP contribution in [0.2, 0.25) is 0 Å². The highest BCUT2D eigenvalue weighted by atomic mass is 19.1. The second kappa shape index (κ2) is 4.50. The molecule has 1 aliphatic rings. The molecule has 1 saturated heterocycles. The van der Waals surface area contributed by atoms with Gasteiger partial charge in [0, 0.05) is 13.1 Å². The molecule has 17 heavy (non-hydrogen) atoms. The van der Waals surface area contributed by atoms with Gasteiger partial charge in [-0.25, -0.2) is 9.18 Å². The van der Waals surface area contributed by atoms with Gasteiger partial charge in [0.15, 0.2) is 0 Å². The Kier molecular flexibility index (Phi) is 3.06. The largest absolute Gasteiger partial charge is 0.478 e. The molecule has 0 unspecified atom stereocenters. The number of carbonyl (C=O) groups is 2. The van der Waals surface area contributed by atoms with E-state index in [1.807, 2.05) is 0 Å². The zero-order chi connectivity index (χ0) is 12.4. The summed E-state index contributed by atoms with van der Waals surface area (Å²) < 4.78 is 13.4. The predicted molar refractivity (Wildman–Crippen MR) is 58.3 cm³/mol. The molecule has 3 N–H and O–H groups in total. The lowest BCUT2D eigenvalue weighted by Gasteiger charge is -2.25. The summed E-state index contributed by atoms with van der Waals surface area (Å²) in [6, 6.07) is 3.29. The number of benzene rings is 1. The Labute approximate surface area is 96.6 Å². The quantitative estimate of drug-likeness (QED) is 0.723. The second-order valence-corrected chi connectivity index (χ2v) is 3.84. The van der Waals surface area contributed by atoms with Crippen LogP contribution in [0.4, 0.5) is 10.1 Å². The molecule has 0 spiro atoms. The molecule has 0 saturated carbocycles. The van der Waals surface area contributed by atoms with Crippen molar-refractivity contribution in [2.75, 3.05) is 18.4 Å². The van der Waals surface area contributed by atoms with Crippen molar-refractivity contribution in [3.63, 3.8) is 0 Å². The van der Waals surface area contributed by atoms with Crippen LogP contribution < -0.4 is 10.6 Å². The van der Waals surface area contributed by atoms with Gasteiger partial charge in [0.1, 0.15) is 5.82 Å². The number of hydrogen-bond donors (Lipinski definition) is 3. The Morgan fingerprint density at radius 1 is 1.41 bits per heavy atom. The molecule has 0 aliphatic carbocycles. The van der Waals surface area contributed by atoms with E-state index in [1.165, 1.54) is 0 Å². The highest BCUT2D eigenvalue weighted by Gasteiger charge is 2.25. The van der Waals surface area contributed by atoms with Crippen molar-refractivity contribution in [2.45, 2.75) is 0 Å². The lowest BCUT2D eigenvalue weighted by atomic mass is 10.0. The fourth-order valence-corrected chi connectivity index (χ4v) is 1.46. The van der Waals surface area contributed by atoms with Gasteiger partial charge < -0.3 is 15.7 Å². The number of carboxylic acids is 1. The van der Waals surface area contributed by atoms with Gasteiger partial charge in [0.25, 0.3) is 0 Å². The van der Waals surface area contributed by atoms with Crippen molar-refractivity contribution in [1.29, 1.82) is 0 Å². The molecule has 1 heterocycles. The second-order valence-electron chi connectivity index (χ2n) is 3.84. The summed E-state index contributed by atoms with van der Waals surface area (Å²) in [4.78, 5) is 22.3. The molecular formula is C11H11FN2O3. The minimum Gasteiger partial charge on any atom is -0.478 e. The Morgan fingerprint density at radius 2 is 2.12 bits per heavy atom. The van der Waals surface area contributed by atoms with Crippen molar-refractivity contribution < 1.29 is 19.1 Å². The summed E-state index contributed by atoms with van der Waals surface area (Å²) in [5.74, 6) is -2.28. The van der Waals surface area contributed by atoms with Gasteiger partial charge in [-0.1, -0.05) is 0 Å². The summed E-state index contributed by atoms with van der Waals surface area (Å²) in [5.41, 5.74) is -0.157. The Hall–Kier alpha value is -1.95. The van der Waals surface area contributed by atoms with Gasteiger partial charge >= 0.3 is 5.97 Å². The number of aromatic carboxylic acids is 1. The third-order valence-corrected chi connectivity index (χ3v) is 2.62. The first-order valence-corrected chi connectivity index (χ1v) is 5.12. The molecule has 0 aromatic heterocycles. The predicted octanol–water partition coefficient (Wildman–Crippen LogP) is 0.682. The van der Waals surface area contributed by atoms with Crippen molar-refractivity contribution >= 4 is 17.6 Å². The van der Waals surface area contributed by atoms with Crippen LogP contribution in [-0.4, -0.2) is 30.1 Å². The normalized spacial score (nSPS) is 15.1. The summed E-state index contributed by atoms with van der Waals surface area (Å²) >= 11 is 0. The summed E-state index contributed by atoms with van der Waals surface area (Å²) in [6.45, 7) is 1.12. The molecule has 2 rings (SSSR count). The van der Waals surface area contributed by atoms with Gasteiger partial charge in [0.2, 0.25) is 5.91 Å². The fraction of sp³-hybridized carbons (Fsp3) is 0.273. The minimum atomic E-state index is -1.16. The number of halogens is 1. The molecule has 1 amide bonds. The van der Waals surface area contributed by atoms with E-state index in [0.29, 0.717) is 13.1 Å². The summed E-state index contributed by atoms with van der Waals surface area (Å²) in [6.07, 6.45) is 0. The molecule has 5 nitrogen and oxygen atoms in total. The molecular weight excluding hydrogens is 227 g/mol. The van der Waals surface area contributed by atoms with Gasteiger partial charge in [-0.05, 0) is 18.2 Å². The molecule has 1 aromatic rings. The monoisotopic (exact) mass is 238 g/mol. The van der Waals surface area contributed by atoms with Crippen LogP contribution in [0.3, 0.4) is 0 Å². The van der Waals surface area contributed by atoms with Crippen molar-refractivity contribution in [2.24, 2.45) is 5.92 Å². The van der Waals surface area contributed by atoms with Crippen molar-refractivity contribution in [3.8, 4) is 0 Å². The van der Waals surface area contributed by atoms with Crippen LogP contribution in [0.1, 0.15) is 10.4 Å². The maximum absolute atomic E-state index is 13.4. The molecule has 0 atom stereocenters. The van der Waals surface area contributed by atoms with E-state index in [-0.39, 0.29) is 23.1 Å². The van der Waals surface area contributed by atoms with E-state index < -0.39 is 11.8 Å². The van der Waals surface area contributed by atoms with Gasteiger partial charge in [-0.2, -0.15) is 0 Å². The standard InChI is InChI=1S/C11H11FN2O3/c12-8-2-1-6(11(16)17)3-9(8)14-10(15)7-4-13-5-7/h1-3,7,13H,4-5H2,(H,14,15)(H,16,17). The van der Waals surface area contributed by atoms with E-state index in [9.17, 15) is 14.0 Å².